The Morgan fingerprint density at radius 3 is 2.71 bits per heavy atom. The fourth-order valence-electron chi connectivity index (χ4n) is 2.01. The summed E-state index contributed by atoms with van der Waals surface area (Å²) in [5.74, 6) is 0.531. The van der Waals surface area contributed by atoms with Gasteiger partial charge < -0.3 is 9.73 Å². The van der Waals surface area contributed by atoms with E-state index in [0.29, 0.717) is 5.89 Å². The van der Waals surface area contributed by atoms with Crippen LogP contribution in [0.3, 0.4) is 0 Å². The second-order valence-corrected chi connectivity index (χ2v) is 5.41. The molecule has 0 unspecified atom stereocenters. The van der Waals surface area contributed by atoms with E-state index in [1.54, 1.807) is 11.8 Å². The summed E-state index contributed by atoms with van der Waals surface area (Å²) in [4.78, 5) is 1.28. The molecule has 0 fully saturated rings. The summed E-state index contributed by atoms with van der Waals surface area (Å²) in [6.45, 7) is 0.780. The van der Waals surface area contributed by atoms with Crippen molar-refractivity contribution in [3.05, 3.63) is 60.5 Å². The Bertz CT molecular complexity index is 696. The molecular weight excluding hydrogens is 282 g/mol. The summed E-state index contributed by atoms with van der Waals surface area (Å²) in [5, 5.41) is 11.0. The zero-order chi connectivity index (χ0) is 14.5. The van der Waals surface area contributed by atoms with E-state index in [-0.39, 0.29) is 0 Å². The van der Waals surface area contributed by atoms with Gasteiger partial charge in [-0.05, 0) is 42.2 Å². The van der Waals surface area contributed by atoms with E-state index in [2.05, 4.69) is 46.0 Å². The first kappa shape index (κ1) is 13.7. The van der Waals surface area contributed by atoms with Gasteiger partial charge >= 0.3 is 0 Å². The fraction of sp³-hybridized carbons (Fsp3) is 0.125. The molecule has 1 aromatic heterocycles. The molecule has 1 heterocycles. The van der Waals surface area contributed by atoms with Crippen LogP contribution < -0.4 is 5.32 Å². The molecule has 0 spiro atoms. The van der Waals surface area contributed by atoms with Crippen LogP contribution in [0, 0.1) is 0 Å². The van der Waals surface area contributed by atoms with E-state index in [4.69, 9.17) is 4.42 Å². The number of anilines is 1. The minimum absolute atomic E-state index is 0.531. The second-order valence-electron chi connectivity index (χ2n) is 4.53. The molecule has 5 heteroatoms. The lowest BCUT2D eigenvalue weighted by Gasteiger charge is -2.08. The topological polar surface area (TPSA) is 51.0 Å². The predicted molar refractivity (Wildman–Crippen MR) is 85.3 cm³/mol. The number of hydrogen-bond donors (Lipinski definition) is 1. The molecule has 3 rings (SSSR count). The molecule has 0 aliphatic carbocycles. The molecule has 0 aliphatic heterocycles. The van der Waals surface area contributed by atoms with Crippen LogP contribution in [0.25, 0.3) is 11.5 Å². The van der Waals surface area contributed by atoms with Gasteiger partial charge in [-0.3, -0.25) is 0 Å². The van der Waals surface area contributed by atoms with Crippen molar-refractivity contribution < 1.29 is 4.42 Å². The standard InChI is InChI=1S/C16H15N3OS/c1-21-15-7-5-12(6-8-15)10-17-14-4-2-3-13(9-14)16-19-18-11-20-16/h2-9,11,17H,10H2,1H3. The first-order valence-corrected chi connectivity index (χ1v) is 7.81. The van der Waals surface area contributed by atoms with Gasteiger partial charge in [0, 0.05) is 22.7 Å². The van der Waals surface area contributed by atoms with Crippen molar-refractivity contribution in [2.24, 2.45) is 0 Å². The highest BCUT2D eigenvalue weighted by Crippen LogP contribution is 2.21. The SMILES string of the molecule is CSc1ccc(CNc2cccc(-c3nnco3)c2)cc1. The highest BCUT2D eigenvalue weighted by Gasteiger charge is 2.04. The van der Waals surface area contributed by atoms with Gasteiger partial charge in [0.15, 0.2) is 0 Å². The smallest absolute Gasteiger partial charge is 0.247 e. The predicted octanol–water partition coefficient (Wildman–Crippen LogP) is 4.07. The second kappa shape index (κ2) is 6.45. The van der Waals surface area contributed by atoms with Crippen molar-refractivity contribution in [1.82, 2.24) is 10.2 Å². The maximum absolute atomic E-state index is 5.21. The Labute approximate surface area is 127 Å². The molecule has 0 saturated carbocycles. The Hall–Kier alpha value is -2.27. The first-order valence-electron chi connectivity index (χ1n) is 6.58. The number of hydrogen-bond acceptors (Lipinski definition) is 5. The Balaban J connectivity index is 1.68. The molecular formula is C16H15N3OS. The minimum atomic E-state index is 0.531. The van der Waals surface area contributed by atoms with Gasteiger partial charge in [-0.15, -0.1) is 22.0 Å². The maximum atomic E-state index is 5.21. The van der Waals surface area contributed by atoms with E-state index in [0.717, 1.165) is 17.8 Å². The molecule has 0 bridgehead atoms. The van der Waals surface area contributed by atoms with Gasteiger partial charge in [-0.1, -0.05) is 18.2 Å². The van der Waals surface area contributed by atoms with Crippen LogP contribution in [0.2, 0.25) is 0 Å². The summed E-state index contributed by atoms with van der Waals surface area (Å²) in [6, 6.07) is 16.5. The normalized spacial score (nSPS) is 10.5. The van der Waals surface area contributed by atoms with Crippen molar-refractivity contribution in [3.8, 4) is 11.5 Å². The van der Waals surface area contributed by atoms with E-state index in [9.17, 15) is 0 Å². The average molecular weight is 297 g/mol. The number of aromatic nitrogens is 2. The molecule has 0 aliphatic rings. The molecule has 21 heavy (non-hydrogen) atoms. The minimum Gasteiger partial charge on any atom is -0.423 e. The summed E-state index contributed by atoms with van der Waals surface area (Å²) < 4.78 is 5.21. The first-order chi connectivity index (χ1) is 10.3. The van der Waals surface area contributed by atoms with Crippen LogP contribution in [-0.2, 0) is 6.54 Å². The summed E-state index contributed by atoms with van der Waals surface area (Å²) >= 11 is 1.75. The third-order valence-electron chi connectivity index (χ3n) is 3.13. The summed E-state index contributed by atoms with van der Waals surface area (Å²) in [6.07, 6.45) is 3.42. The number of nitrogens with one attached hydrogen (secondary N) is 1. The largest absolute Gasteiger partial charge is 0.423 e. The van der Waals surface area contributed by atoms with Gasteiger partial charge in [-0.2, -0.15) is 0 Å². The summed E-state index contributed by atoms with van der Waals surface area (Å²) in [5.41, 5.74) is 3.19. The van der Waals surface area contributed by atoms with E-state index in [1.807, 2.05) is 24.3 Å². The van der Waals surface area contributed by atoms with Gasteiger partial charge in [0.05, 0.1) is 0 Å². The van der Waals surface area contributed by atoms with Gasteiger partial charge in [-0.25, -0.2) is 0 Å². The van der Waals surface area contributed by atoms with E-state index in [1.165, 1.54) is 16.9 Å². The van der Waals surface area contributed by atoms with E-state index >= 15 is 0 Å². The molecule has 4 nitrogen and oxygen atoms in total. The van der Waals surface area contributed by atoms with Crippen LogP contribution in [0.4, 0.5) is 5.69 Å². The molecule has 3 aromatic rings. The Morgan fingerprint density at radius 2 is 2.00 bits per heavy atom. The highest BCUT2D eigenvalue weighted by atomic mass is 32.2. The van der Waals surface area contributed by atoms with Crippen LogP contribution in [0.5, 0.6) is 0 Å². The molecule has 1 N–H and O–H groups in total. The van der Waals surface area contributed by atoms with Gasteiger partial charge in [0.2, 0.25) is 12.3 Å². The summed E-state index contributed by atoms with van der Waals surface area (Å²) in [7, 11) is 0. The van der Waals surface area contributed by atoms with Crippen LogP contribution in [0.1, 0.15) is 5.56 Å². The molecule has 0 atom stereocenters. The van der Waals surface area contributed by atoms with E-state index < -0.39 is 0 Å². The molecule has 0 saturated heterocycles. The lowest BCUT2D eigenvalue weighted by molar-refractivity contribution is 0.568. The van der Waals surface area contributed by atoms with Crippen molar-refractivity contribution in [2.75, 3.05) is 11.6 Å². The number of thioether (sulfide) groups is 1. The zero-order valence-electron chi connectivity index (χ0n) is 11.6. The van der Waals surface area contributed by atoms with Gasteiger partial charge in [0.1, 0.15) is 0 Å². The van der Waals surface area contributed by atoms with Crippen molar-refractivity contribution in [1.29, 1.82) is 0 Å². The third kappa shape index (κ3) is 3.44. The maximum Gasteiger partial charge on any atom is 0.247 e. The molecule has 0 amide bonds. The van der Waals surface area contributed by atoms with Crippen molar-refractivity contribution in [3.63, 3.8) is 0 Å². The van der Waals surface area contributed by atoms with Crippen molar-refractivity contribution >= 4 is 17.4 Å². The monoisotopic (exact) mass is 297 g/mol. The molecule has 2 aromatic carbocycles. The number of rotatable bonds is 5. The zero-order valence-corrected chi connectivity index (χ0v) is 12.4. The molecule has 0 radical (unpaired) electrons. The Kier molecular flexibility index (Phi) is 4.21. The average Bonchev–Trinajstić information content (AvgIpc) is 3.08. The van der Waals surface area contributed by atoms with Crippen molar-refractivity contribution in [2.45, 2.75) is 11.4 Å². The van der Waals surface area contributed by atoms with Crippen LogP contribution in [0.15, 0.2) is 64.2 Å². The quantitative estimate of drug-likeness (QED) is 0.719. The Morgan fingerprint density at radius 1 is 1.14 bits per heavy atom. The van der Waals surface area contributed by atoms with Gasteiger partial charge in [0.25, 0.3) is 0 Å². The fourth-order valence-corrected chi connectivity index (χ4v) is 2.42. The number of benzene rings is 2. The van der Waals surface area contributed by atoms with Crippen LogP contribution >= 0.6 is 11.8 Å². The van der Waals surface area contributed by atoms with Crippen LogP contribution in [-0.4, -0.2) is 16.5 Å². The lowest BCUT2D eigenvalue weighted by atomic mass is 10.2. The third-order valence-corrected chi connectivity index (χ3v) is 3.87. The lowest BCUT2D eigenvalue weighted by Crippen LogP contribution is -1.99. The molecule has 106 valence electrons. The number of nitrogens with zero attached hydrogens (tertiary/aromatic N) is 2. The highest BCUT2D eigenvalue weighted by molar-refractivity contribution is 7.98.